The highest BCUT2D eigenvalue weighted by molar-refractivity contribution is 6.30. The second-order valence-corrected chi connectivity index (χ2v) is 6.47. The molecule has 2 aromatic rings. The normalized spacial score (nSPS) is 10.5. The third-order valence-corrected chi connectivity index (χ3v) is 4.28. The van der Waals surface area contributed by atoms with Crippen molar-refractivity contribution in [3.05, 3.63) is 53.1 Å². The van der Waals surface area contributed by atoms with Crippen LogP contribution in [0.2, 0.25) is 5.02 Å². The summed E-state index contributed by atoms with van der Waals surface area (Å²) in [5.41, 5.74) is 1.24. The molecular formula is C21H23ClN2O5. The molecule has 0 unspecified atom stereocenters. The van der Waals surface area contributed by atoms with Crippen molar-refractivity contribution in [1.29, 1.82) is 0 Å². The molecule has 1 N–H and O–H groups in total. The number of halogens is 1. The van der Waals surface area contributed by atoms with Crippen LogP contribution in [0.4, 0.5) is 5.69 Å². The molecule has 2 amide bonds. The SMILES string of the molecule is COc1cc(OC)c(OC)cc1/C=C/C(=O)N(C)CC(=O)Nc1ccc(Cl)cc1. The Morgan fingerprint density at radius 1 is 1.00 bits per heavy atom. The van der Waals surface area contributed by atoms with Crippen molar-refractivity contribution >= 4 is 35.2 Å². The largest absolute Gasteiger partial charge is 0.496 e. The summed E-state index contributed by atoms with van der Waals surface area (Å²) in [6, 6.07) is 10.1. The Kier molecular flexibility index (Phi) is 7.91. The number of amides is 2. The van der Waals surface area contributed by atoms with Gasteiger partial charge in [-0.3, -0.25) is 9.59 Å². The Labute approximate surface area is 174 Å². The highest BCUT2D eigenvalue weighted by Crippen LogP contribution is 2.35. The van der Waals surface area contributed by atoms with Gasteiger partial charge in [-0.1, -0.05) is 11.6 Å². The molecule has 29 heavy (non-hydrogen) atoms. The predicted octanol–water partition coefficient (Wildman–Crippen LogP) is 3.48. The van der Waals surface area contributed by atoms with Crippen molar-refractivity contribution in [3.63, 3.8) is 0 Å². The molecule has 0 aliphatic carbocycles. The van der Waals surface area contributed by atoms with Crippen molar-refractivity contribution in [3.8, 4) is 17.2 Å². The number of carbonyl (C=O) groups is 2. The van der Waals surface area contributed by atoms with Crippen molar-refractivity contribution in [2.45, 2.75) is 0 Å². The zero-order valence-electron chi connectivity index (χ0n) is 16.7. The number of nitrogens with one attached hydrogen (secondary N) is 1. The van der Waals surface area contributed by atoms with E-state index in [9.17, 15) is 9.59 Å². The zero-order chi connectivity index (χ0) is 21.4. The van der Waals surface area contributed by atoms with E-state index in [0.29, 0.717) is 33.5 Å². The molecule has 154 valence electrons. The Morgan fingerprint density at radius 2 is 1.59 bits per heavy atom. The van der Waals surface area contributed by atoms with E-state index in [1.165, 1.54) is 32.3 Å². The fourth-order valence-electron chi connectivity index (χ4n) is 2.50. The first-order valence-corrected chi connectivity index (χ1v) is 9.04. The molecule has 2 aromatic carbocycles. The van der Waals surface area contributed by atoms with E-state index in [0.717, 1.165) is 0 Å². The molecule has 0 heterocycles. The molecule has 2 rings (SSSR count). The molecule has 0 bridgehead atoms. The molecule has 0 fully saturated rings. The van der Waals surface area contributed by atoms with Crippen LogP contribution in [-0.2, 0) is 9.59 Å². The van der Waals surface area contributed by atoms with Crippen molar-refractivity contribution in [1.82, 2.24) is 4.90 Å². The smallest absolute Gasteiger partial charge is 0.246 e. The monoisotopic (exact) mass is 418 g/mol. The van der Waals surface area contributed by atoms with Gasteiger partial charge in [0, 0.05) is 35.5 Å². The molecule has 0 radical (unpaired) electrons. The quantitative estimate of drug-likeness (QED) is 0.664. The first-order chi connectivity index (χ1) is 13.9. The summed E-state index contributed by atoms with van der Waals surface area (Å²) in [5, 5.41) is 3.28. The molecule has 0 aromatic heterocycles. The molecule has 0 aliphatic rings. The Balaban J connectivity index is 2.03. The summed E-state index contributed by atoms with van der Waals surface area (Å²) < 4.78 is 15.9. The van der Waals surface area contributed by atoms with Gasteiger partial charge in [0.05, 0.1) is 27.9 Å². The van der Waals surface area contributed by atoms with Crippen LogP contribution in [0.1, 0.15) is 5.56 Å². The van der Waals surface area contributed by atoms with Gasteiger partial charge in [0.15, 0.2) is 11.5 Å². The molecular weight excluding hydrogens is 396 g/mol. The summed E-state index contributed by atoms with van der Waals surface area (Å²) in [7, 11) is 6.12. The fourth-order valence-corrected chi connectivity index (χ4v) is 2.62. The lowest BCUT2D eigenvalue weighted by molar-refractivity contribution is -0.129. The minimum Gasteiger partial charge on any atom is -0.496 e. The summed E-state index contributed by atoms with van der Waals surface area (Å²) >= 11 is 5.82. The van der Waals surface area contributed by atoms with Gasteiger partial charge in [0.2, 0.25) is 11.8 Å². The maximum absolute atomic E-state index is 12.4. The van der Waals surface area contributed by atoms with Gasteiger partial charge in [-0.05, 0) is 36.4 Å². The standard InChI is InChI=1S/C21H23ClN2O5/c1-24(13-20(25)23-16-8-6-15(22)7-9-16)21(26)10-5-14-11-18(28-3)19(29-4)12-17(14)27-2/h5-12H,13H2,1-4H3,(H,23,25)/b10-5+. The summed E-state index contributed by atoms with van der Waals surface area (Å²) in [6.45, 7) is -0.102. The van der Waals surface area contributed by atoms with Gasteiger partial charge in [-0.25, -0.2) is 0 Å². The van der Waals surface area contributed by atoms with Crippen LogP contribution in [0, 0.1) is 0 Å². The number of ether oxygens (including phenoxy) is 3. The maximum Gasteiger partial charge on any atom is 0.246 e. The van der Waals surface area contributed by atoms with Gasteiger partial charge in [0.25, 0.3) is 0 Å². The molecule has 0 atom stereocenters. The van der Waals surface area contributed by atoms with E-state index >= 15 is 0 Å². The van der Waals surface area contributed by atoms with Gasteiger partial charge < -0.3 is 24.4 Å². The minimum atomic E-state index is -0.340. The maximum atomic E-state index is 12.4. The van der Waals surface area contributed by atoms with Crippen molar-refractivity contribution < 1.29 is 23.8 Å². The molecule has 0 spiro atoms. The van der Waals surface area contributed by atoms with Crippen LogP contribution in [0.15, 0.2) is 42.5 Å². The average molecular weight is 419 g/mol. The zero-order valence-corrected chi connectivity index (χ0v) is 17.4. The van der Waals surface area contributed by atoms with E-state index in [2.05, 4.69) is 5.32 Å². The molecule has 8 heteroatoms. The van der Waals surface area contributed by atoms with E-state index in [1.807, 2.05) is 0 Å². The number of carbonyl (C=O) groups excluding carboxylic acids is 2. The number of anilines is 1. The lowest BCUT2D eigenvalue weighted by Crippen LogP contribution is -2.33. The Morgan fingerprint density at radius 3 is 2.17 bits per heavy atom. The number of nitrogens with zero attached hydrogens (tertiary/aromatic N) is 1. The number of methoxy groups -OCH3 is 3. The molecule has 0 aliphatic heterocycles. The Hall–Kier alpha value is -3.19. The van der Waals surface area contributed by atoms with E-state index in [1.54, 1.807) is 49.5 Å². The predicted molar refractivity (Wildman–Crippen MR) is 113 cm³/mol. The summed E-state index contributed by atoms with van der Waals surface area (Å²) in [4.78, 5) is 25.8. The second-order valence-electron chi connectivity index (χ2n) is 6.03. The van der Waals surface area contributed by atoms with Crippen LogP contribution in [0.3, 0.4) is 0 Å². The highest BCUT2D eigenvalue weighted by Gasteiger charge is 2.13. The van der Waals surface area contributed by atoms with E-state index in [-0.39, 0.29) is 18.4 Å². The van der Waals surface area contributed by atoms with Gasteiger partial charge >= 0.3 is 0 Å². The first kappa shape index (κ1) is 22.1. The third kappa shape index (κ3) is 6.15. The van der Waals surface area contributed by atoms with Crippen LogP contribution in [0.25, 0.3) is 6.08 Å². The highest BCUT2D eigenvalue weighted by atomic mass is 35.5. The summed E-state index contributed by atoms with van der Waals surface area (Å²) in [5.74, 6) is 0.892. The van der Waals surface area contributed by atoms with Crippen molar-refractivity contribution in [2.75, 3.05) is 40.2 Å². The molecule has 0 saturated heterocycles. The minimum absolute atomic E-state index is 0.102. The second kappa shape index (κ2) is 10.4. The van der Waals surface area contributed by atoms with Crippen molar-refractivity contribution in [2.24, 2.45) is 0 Å². The fraction of sp³-hybridized carbons (Fsp3) is 0.238. The number of rotatable bonds is 8. The van der Waals surface area contributed by atoms with Crippen LogP contribution in [-0.4, -0.2) is 51.6 Å². The average Bonchev–Trinajstić information content (AvgIpc) is 2.72. The van der Waals surface area contributed by atoms with E-state index < -0.39 is 0 Å². The van der Waals surface area contributed by atoms with Crippen LogP contribution in [0.5, 0.6) is 17.2 Å². The van der Waals surface area contributed by atoms with Crippen LogP contribution >= 0.6 is 11.6 Å². The lowest BCUT2D eigenvalue weighted by atomic mass is 10.1. The van der Waals surface area contributed by atoms with Crippen LogP contribution < -0.4 is 19.5 Å². The lowest BCUT2D eigenvalue weighted by Gasteiger charge is -2.15. The number of hydrogen-bond donors (Lipinski definition) is 1. The van der Waals surface area contributed by atoms with E-state index in [4.69, 9.17) is 25.8 Å². The number of likely N-dealkylation sites (N-methyl/N-ethyl adjacent to an activating group) is 1. The molecule has 7 nitrogen and oxygen atoms in total. The number of hydrogen-bond acceptors (Lipinski definition) is 5. The van der Waals surface area contributed by atoms with Gasteiger partial charge in [0.1, 0.15) is 5.75 Å². The third-order valence-electron chi connectivity index (χ3n) is 4.03. The van der Waals surface area contributed by atoms with Gasteiger partial charge in [-0.15, -0.1) is 0 Å². The summed E-state index contributed by atoms with van der Waals surface area (Å²) in [6.07, 6.45) is 2.95. The molecule has 0 saturated carbocycles. The topological polar surface area (TPSA) is 77.1 Å². The first-order valence-electron chi connectivity index (χ1n) is 8.66. The number of benzene rings is 2. The Bertz CT molecular complexity index is 897. The van der Waals surface area contributed by atoms with Gasteiger partial charge in [-0.2, -0.15) is 0 Å².